The van der Waals surface area contributed by atoms with E-state index in [2.05, 4.69) is 45.1 Å². The van der Waals surface area contributed by atoms with Crippen molar-refractivity contribution in [1.82, 2.24) is 5.32 Å². The molecular weight excluding hydrogens is 250 g/mol. The summed E-state index contributed by atoms with van der Waals surface area (Å²) in [5.41, 5.74) is 5.42. The van der Waals surface area contributed by atoms with Gasteiger partial charge in [-0.1, -0.05) is 24.6 Å². The van der Waals surface area contributed by atoms with Gasteiger partial charge in [0.25, 0.3) is 0 Å². The SMILES string of the molecule is CCCNC(COC1COC1)c1c(C)cc(C)cc1C. The standard InChI is InChI=1S/C17H27NO2/c1-5-6-18-16(11-20-15-9-19-10-15)17-13(3)7-12(2)8-14(17)4/h7-8,15-16,18H,5-6,9-11H2,1-4H3. The Labute approximate surface area is 122 Å². The van der Waals surface area contributed by atoms with Crippen LogP contribution in [0.2, 0.25) is 0 Å². The topological polar surface area (TPSA) is 30.5 Å². The van der Waals surface area contributed by atoms with Crippen molar-refractivity contribution in [3.8, 4) is 0 Å². The number of rotatable bonds is 7. The Morgan fingerprint density at radius 1 is 1.25 bits per heavy atom. The zero-order valence-corrected chi connectivity index (χ0v) is 13.2. The lowest BCUT2D eigenvalue weighted by Gasteiger charge is -2.30. The quantitative estimate of drug-likeness (QED) is 0.831. The van der Waals surface area contributed by atoms with E-state index < -0.39 is 0 Å². The molecule has 1 heterocycles. The van der Waals surface area contributed by atoms with Crippen LogP contribution in [0.1, 0.15) is 41.6 Å². The smallest absolute Gasteiger partial charge is 0.104 e. The second-order valence-corrected chi connectivity index (χ2v) is 5.81. The van der Waals surface area contributed by atoms with Crippen LogP contribution < -0.4 is 5.32 Å². The third-order valence-corrected chi connectivity index (χ3v) is 3.83. The number of nitrogens with one attached hydrogen (secondary N) is 1. The van der Waals surface area contributed by atoms with E-state index in [0.29, 0.717) is 0 Å². The predicted octanol–water partition coefficient (Wildman–Crippen LogP) is 3.07. The van der Waals surface area contributed by atoms with Gasteiger partial charge >= 0.3 is 0 Å². The second kappa shape index (κ2) is 7.21. The minimum absolute atomic E-state index is 0.274. The van der Waals surface area contributed by atoms with Crippen molar-refractivity contribution in [3.05, 3.63) is 34.4 Å². The first-order valence-electron chi connectivity index (χ1n) is 7.62. The summed E-state index contributed by atoms with van der Waals surface area (Å²) in [5.74, 6) is 0. The highest BCUT2D eigenvalue weighted by Gasteiger charge is 2.22. The highest BCUT2D eigenvalue weighted by atomic mass is 16.6. The number of aryl methyl sites for hydroxylation is 3. The van der Waals surface area contributed by atoms with E-state index in [-0.39, 0.29) is 12.1 Å². The van der Waals surface area contributed by atoms with Gasteiger partial charge in [0.05, 0.1) is 25.9 Å². The third-order valence-electron chi connectivity index (χ3n) is 3.83. The molecule has 3 heteroatoms. The Bertz CT molecular complexity index is 418. The summed E-state index contributed by atoms with van der Waals surface area (Å²) >= 11 is 0. The van der Waals surface area contributed by atoms with E-state index >= 15 is 0 Å². The average molecular weight is 277 g/mol. The van der Waals surface area contributed by atoms with E-state index in [1.54, 1.807) is 0 Å². The number of benzene rings is 1. The van der Waals surface area contributed by atoms with Crippen molar-refractivity contribution < 1.29 is 9.47 Å². The van der Waals surface area contributed by atoms with Crippen LogP contribution in [0.3, 0.4) is 0 Å². The minimum atomic E-state index is 0.274. The molecule has 1 aliphatic heterocycles. The Kier molecular flexibility index (Phi) is 5.58. The molecule has 0 saturated carbocycles. The maximum Gasteiger partial charge on any atom is 0.104 e. The minimum Gasteiger partial charge on any atom is -0.376 e. The first-order valence-corrected chi connectivity index (χ1v) is 7.62. The summed E-state index contributed by atoms with van der Waals surface area (Å²) < 4.78 is 11.1. The van der Waals surface area contributed by atoms with Gasteiger partial charge in [0.2, 0.25) is 0 Å². The molecule has 0 radical (unpaired) electrons. The Hall–Kier alpha value is -0.900. The van der Waals surface area contributed by atoms with Gasteiger partial charge in [-0.15, -0.1) is 0 Å². The highest BCUT2D eigenvalue weighted by molar-refractivity contribution is 5.39. The van der Waals surface area contributed by atoms with Crippen LogP contribution in [0.5, 0.6) is 0 Å². The average Bonchev–Trinajstić information content (AvgIpc) is 2.31. The number of hydrogen-bond donors (Lipinski definition) is 1. The van der Waals surface area contributed by atoms with Gasteiger partial charge in [-0.25, -0.2) is 0 Å². The zero-order chi connectivity index (χ0) is 14.5. The summed E-state index contributed by atoms with van der Waals surface area (Å²) in [6.07, 6.45) is 1.42. The molecule has 1 aromatic rings. The Morgan fingerprint density at radius 3 is 2.40 bits per heavy atom. The van der Waals surface area contributed by atoms with Gasteiger partial charge in [0, 0.05) is 0 Å². The summed E-state index contributed by atoms with van der Waals surface area (Å²) in [6.45, 7) is 12.0. The fourth-order valence-electron chi connectivity index (χ4n) is 2.85. The van der Waals surface area contributed by atoms with Crippen molar-refractivity contribution in [1.29, 1.82) is 0 Å². The summed E-state index contributed by atoms with van der Waals surface area (Å²) in [7, 11) is 0. The van der Waals surface area contributed by atoms with Gasteiger partial charge in [0.1, 0.15) is 6.10 Å². The summed E-state index contributed by atoms with van der Waals surface area (Å²) in [4.78, 5) is 0. The first kappa shape index (κ1) is 15.5. The largest absolute Gasteiger partial charge is 0.376 e. The molecule has 3 nitrogen and oxygen atoms in total. The molecule has 0 bridgehead atoms. The highest BCUT2D eigenvalue weighted by Crippen LogP contribution is 2.25. The van der Waals surface area contributed by atoms with Crippen LogP contribution in [0, 0.1) is 20.8 Å². The van der Waals surface area contributed by atoms with Gasteiger partial charge in [0.15, 0.2) is 0 Å². The van der Waals surface area contributed by atoms with Crippen LogP contribution >= 0.6 is 0 Å². The monoisotopic (exact) mass is 277 g/mol. The van der Waals surface area contributed by atoms with E-state index in [9.17, 15) is 0 Å². The van der Waals surface area contributed by atoms with Crippen molar-refractivity contribution in [2.75, 3.05) is 26.4 Å². The molecule has 0 aromatic heterocycles. The van der Waals surface area contributed by atoms with Crippen LogP contribution in [0.25, 0.3) is 0 Å². The molecule has 2 rings (SSSR count). The van der Waals surface area contributed by atoms with Crippen LogP contribution in [0.15, 0.2) is 12.1 Å². The molecule has 1 aliphatic rings. The molecule has 0 aliphatic carbocycles. The normalized spacial score (nSPS) is 17.0. The molecule has 1 N–H and O–H groups in total. The lowest BCUT2D eigenvalue weighted by molar-refractivity contribution is -0.133. The van der Waals surface area contributed by atoms with Crippen LogP contribution in [-0.4, -0.2) is 32.5 Å². The molecule has 112 valence electrons. The fourth-order valence-corrected chi connectivity index (χ4v) is 2.85. The van der Waals surface area contributed by atoms with Crippen LogP contribution in [0.4, 0.5) is 0 Å². The summed E-state index contributed by atoms with van der Waals surface area (Å²) in [5, 5.41) is 3.62. The summed E-state index contributed by atoms with van der Waals surface area (Å²) in [6, 6.07) is 4.79. The fraction of sp³-hybridized carbons (Fsp3) is 0.647. The van der Waals surface area contributed by atoms with E-state index in [1.807, 2.05) is 0 Å². The van der Waals surface area contributed by atoms with Gasteiger partial charge in [-0.3, -0.25) is 0 Å². The maximum absolute atomic E-state index is 5.94. The molecule has 1 saturated heterocycles. The first-order chi connectivity index (χ1) is 9.61. The molecule has 1 aromatic carbocycles. The molecule has 0 spiro atoms. The lowest BCUT2D eigenvalue weighted by Crippen LogP contribution is -2.39. The Morgan fingerprint density at radius 2 is 1.90 bits per heavy atom. The predicted molar refractivity (Wildman–Crippen MR) is 82.2 cm³/mol. The molecule has 20 heavy (non-hydrogen) atoms. The van der Waals surface area contributed by atoms with E-state index in [1.165, 1.54) is 22.3 Å². The van der Waals surface area contributed by atoms with E-state index in [0.717, 1.165) is 32.8 Å². The van der Waals surface area contributed by atoms with E-state index in [4.69, 9.17) is 9.47 Å². The van der Waals surface area contributed by atoms with Crippen molar-refractivity contribution in [2.24, 2.45) is 0 Å². The second-order valence-electron chi connectivity index (χ2n) is 5.81. The molecule has 1 atom stereocenters. The van der Waals surface area contributed by atoms with Crippen LogP contribution in [-0.2, 0) is 9.47 Å². The molecule has 1 fully saturated rings. The lowest BCUT2D eigenvalue weighted by atomic mass is 9.94. The Balaban J connectivity index is 2.11. The zero-order valence-electron chi connectivity index (χ0n) is 13.2. The number of ether oxygens (including phenoxy) is 2. The van der Waals surface area contributed by atoms with Crippen molar-refractivity contribution in [2.45, 2.75) is 46.3 Å². The van der Waals surface area contributed by atoms with Crippen molar-refractivity contribution >= 4 is 0 Å². The molecule has 0 amide bonds. The third kappa shape index (κ3) is 3.81. The van der Waals surface area contributed by atoms with Gasteiger partial charge in [-0.2, -0.15) is 0 Å². The van der Waals surface area contributed by atoms with Gasteiger partial charge < -0.3 is 14.8 Å². The van der Waals surface area contributed by atoms with Crippen molar-refractivity contribution in [3.63, 3.8) is 0 Å². The maximum atomic E-state index is 5.94. The molecule has 1 unspecified atom stereocenters. The molecular formula is C17H27NO2. The number of hydrogen-bond acceptors (Lipinski definition) is 3. The van der Waals surface area contributed by atoms with Gasteiger partial charge in [-0.05, 0) is 50.4 Å².